The smallest absolute Gasteiger partial charge is 0.133 e. The number of rotatable bonds is 2. The Bertz CT molecular complexity index is 362. The Morgan fingerprint density at radius 2 is 2.20 bits per heavy atom. The first kappa shape index (κ1) is 10.8. The van der Waals surface area contributed by atoms with Gasteiger partial charge in [0.2, 0.25) is 0 Å². The summed E-state index contributed by atoms with van der Waals surface area (Å²) in [6.45, 7) is 1.95. The number of hydrogen-bond donors (Lipinski definition) is 1. The van der Waals surface area contributed by atoms with Gasteiger partial charge in [-0.3, -0.25) is 4.79 Å². The zero-order valence-corrected chi connectivity index (χ0v) is 9.64. The molecule has 0 bridgehead atoms. The van der Waals surface area contributed by atoms with Crippen LogP contribution >= 0.6 is 11.3 Å². The van der Waals surface area contributed by atoms with Crippen LogP contribution in [0.5, 0.6) is 0 Å². The molecule has 1 N–H and O–H groups in total. The van der Waals surface area contributed by atoms with Crippen molar-refractivity contribution in [1.82, 2.24) is 4.98 Å². The van der Waals surface area contributed by atoms with Crippen LogP contribution < -0.4 is 0 Å². The Hall–Kier alpha value is -0.740. The average Bonchev–Trinajstić information content (AvgIpc) is 2.57. The van der Waals surface area contributed by atoms with Gasteiger partial charge in [0, 0.05) is 30.3 Å². The lowest BCUT2D eigenvalue weighted by Crippen LogP contribution is -2.36. The molecule has 1 aromatic heterocycles. The number of aryl methyl sites for hydroxylation is 1. The normalized spacial score (nSPS) is 20.5. The number of aromatic nitrogens is 1. The van der Waals surface area contributed by atoms with Gasteiger partial charge in [-0.1, -0.05) is 0 Å². The first-order chi connectivity index (χ1) is 7.07. The van der Waals surface area contributed by atoms with Gasteiger partial charge in [-0.15, -0.1) is 11.3 Å². The minimum absolute atomic E-state index is 0.273. The molecule has 0 atom stereocenters. The van der Waals surface area contributed by atoms with E-state index in [-0.39, 0.29) is 5.78 Å². The van der Waals surface area contributed by atoms with Gasteiger partial charge in [0.05, 0.1) is 10.6 Å². The molecule has 1 saturated carbocycles. The summed E-state index contributed by atoms with van der Waals surface area (Å²) in [6.07, 6.45) is 2.80. The molecule has 1 aromatic rings. The topological polar surface area (TPSA) is 50.2 Å². The van der Waals surface area contributed by atoms with E-state index in [4.69, 9.17) is 0 Å². The maximum atomic E-state index is 11.1. The van der Waals surface area contributed by atoms with Crippen LogP contribution in [0.1, 0.15) is 36.4 Å². The molecule has 1 aliphatic carbocycles. The molecule has 0 spiro atoms. The fourth-order valence-electron chi connectivity index (χ4n) is 1.94. The van der Waals surface area contributed by atoms with Gasteiger partial charge in [0.15, 0.2) is 0 Å². The van der Waals surface area contributed by atoms with Crippen molar-refractivity contribution in [2.24, 2.45) is 0 Å². The minimum atomic E-state index is -0.696. The summed E-state index contributed by atoms with van der Waals surface area (Å²) in [4.78, 5) is 15.4. The van der Waals surface area contributed by atoms with E-state index in [9.17, 15) is 9.90 Å². The molecule has 0 aliphatic heterocycles. The predicted molar refractivity (Wildman–Crippen MR) is 59.0 cm³/mol. The fraction of sp³-hybridized carbons (Fsp3) is 0.636. The third kappa shape index (κ3) is 2.63. The standard InChI is InChI=1S/C11H15NO2S/c1-8-7-15-10(12-8)6-11(14)4-2-9(13)3-5-11/h7,14H,2-6H2,1H3. The Morgan fingerprint density at radius 1 is 1.53 bits per heavy atom. The van der Waals surface area contributed by atoms with E-state index in [0.717, 1.165) is 10.7 Å². The summed E-state index contributed by atoms with van der Waals surface area (Å²) in [5, 5.41) is 13.2. The molecule has 15 heavy (non-hydrogen) atoms. The van der Waals surface area contributed by atoms with Crippen molar-refractivity contribution in [3.8, 4) is 0 Å². The highest BCUT2D eigenvalue weighted by Gasteiger charge is 2.33. The van der Waals surface area contributed by atoms with Crippen molar-refractivity contribution in [3.05, 3.63) is 16.1 Å². The summed E-state index contributed by atoms with van der Waals surface area (Å²) >= 11 is 1.59. The largest absolute Gasteiger partial charge is 0.389 e. The lowest BCUT2D eigenvalue weighted by atomic mass is 9.82. The molecular formula is C11H15NO2S. The molecular weight excluding hydrogens is 210 g/mol. The van der Waals surface area contributed by atoms with Crippen molar-refractivity contribution in [3.63, 3.8) is 0 Å². The average molecular weight is 225 g/mol. The van der Waals surface area contributed by atoms with Crippen LogP contribution in [0.4, 0.5) is 0 Å². The van der Waals surface area contributed by atoms with E-state index in [1.54, 1.807) is 11.3 Å². The number of nitrogens with zero attached hydrogens (tertiary/aromatic N) is 1. The molecule has 2 rings (SSSR count). The number of carbonyl (C=O) groups excluding carboxylic acids is 1. The van der Waals surface area contributed by atoms with Gasteiger partial charge in [-0.25, -0.2) is 4.98 Å². The maximum Gasteiger partial charge on any atom is 0.133 e. The molecule has 82 valence electrons. The molecule has 0 aromatic carbocycles. The highest BCUT2D eigenvalue weighted by atomic mass is 32.1. The SMILES string of the molecule is Cc1csc(CC2(O)CCC(=O)CC2)n1. The maximum absolute atomic E-state index is 11.1. The highest BCUT2D eigenvalue weighted by molar-refractivity contribution is 7.09. The van der Waals surface area contributed by atoms with E-state index in [1.165, 1.54) is 0 Å². The van der Waals surface area contributed by atoms with Crippen LogP contribution in [0.3, 0.4) is 0 Å². The van der Waals surface area contributed by atoms with E-state index >= 15 is 0 Å². The van der Waals surface area contributed by atoms with Crippen LogP contribution in [0.25, 0.3) is 0 Å². The molecule has 0 unspecified atom stereocenters. The zero-order valence-electron chi connectivity index (χ0n) is 8.82. The van der Waals surface area contributed by atoms with E-state index in [2.05, 4.69) is 4.98 Å². The van der Waals surface area contributed by atoms with Crippen molar-refractivity contribution < 1.29 is 9.90 Å². The van der Waals surface area contributed by atoms with Crippen LogP contribution in [0, 0.1) is 6.92 Å². The van der Waals surface area contributed by atoms with Gasteiger partial charge in [0.25, 0.3) is 0 Å². The van der Waals surface area contributed by atoms with Crippen molar-refractivity contribution in [2.75, 3.05) is 0 Å². The fourth-order valence-corrected chi connectivity index (χ4v) is 2.84. The third-order valence-corrected chi connectivity index (χ3v) is 3.85. The minimum Gasteiger partial charge on any atom is -0.389 e. The summed E-state index contributed by atoms with van der Waals surface area (Å²) < 4.78 is 0. The molecule has 3 nitrogen and oxygen atoms in total. The number of ketones is 1. The van der Waals surface area contributed by atoms with Crippen molar-refractivity contribution >= 4 is 17.1 Å². The van der Waals surface area contributed by atoms with Gasteiger partial charge in [0.1, 0.15) is 5.78 Å². The molecule has 4 heteroatoms. The summed E-state index contributed by atoms with van der Waals surface area (Å²) in [7, 11) is 0. The third-order valence-electron chi connectivity index (χ3n) is 2.89. The molecule has 1 aliphatic rings. The lowest BCUT2D eigenvalue weighted by molar-refractivity contribution is -0.125. The lowest BCUT2D eigenvalue weighted by Gasteiger charge is -2.30. The number of aliphatic hydroxyl groups is 1. The van der Waals surface area contributed by atoms with Crippen LogP contribution in [-0.2, 0) is 11.2 Å². The number of Topliss-reactive ketones (excluding diaryl/α,β-unsaturated/α-hetero) is 1. The first-order valence-electron chi connectivity index (χ1n) is 5.22. The van der Waals surface area contributed by atoms with E-state index in [0.29, 0.717) is 32.1 Å². The van der Waals surface area contributed by atoms with Crippen LogP contribution in [0.2, 0.25) is 0 Å². The zero-order chi connectivity index (χ0) is 10.9. The second kappa shape index (κ2) is 4.02. The highest BCUT2D eigenvalue weighted by Crippen LogP contribution is 2.30. The Balaban J connectivity index is 2.01. The van der Waals surface area contributed by atoms with Gasteiger partial charge < -0.3 is 5.11 Å². The second-order valence-corrected chi connectivity index (χ2v) is 5.27. The molecule has 0 amide bonds. The first-order valence-corrected chi connectivity index (χ1v) is 6.10. The van der Waals surface area contributed by atoms with Crippen LogP contribution in [0.15, 0.2) is 5.38 Å². The van der Waals surface area contributed by atoms with E-state index in [1.807, 2.05) is 12.3 Å². The van der Waals surface area contributed by atoms with Crippen molar-refractivity contribution in [1.29, 1.82) is 0 Å². The molecule has 1 fully saturated rings. The van der Waals surface area contributed by atoms with E-state index < -0.39 is 5.60 Å². The summed E-state index contributed by atoms with van der Waals surface area (Å²) in [6, 6.07) is 0. The second-order valence-electron chi connectivity index (χ2n) is 4.32. The monoisotopic (exact) mass is 225 g/mol. The number of carbonyl (C=O) groups is 1. The predicted octanol–water partition coefficient (Wildman–Crippen LogP) is 1.87. The summed E-state index contributed by atoms with van der Waals surface area (Å²) in [5.74, 6) is 0.273. The quantitative estimate of drug-likeness (QED) is 0.836. The van der Waals surface area contributed by atoms with Gasteiger partial charge in [-0.2, -0.15) is 0 Å². The Morgan fingerprint density at radius 3 is 2.73 bits per heavy atom. The molecule has 0 radical (unpaired) electrons. The van der Waals surface area contributed by atoms with Gasteiger partial charge >= 0.3 is 0 Å². The van der Waals surface area contributed by atoms with Crippen molar-refractivity contribution in [2.45, 2.75) is 44.6 Å². The molecule has 1 heterocycles. The summed E-state index contributed by atoms with van der Waals surface area (Å²) in [5.41, 5.74) is 0.309. The molecule has 0 saturated heterocycles. The number of thiazole rings is 1. The Kier molecular flexibility index (Phi) is 2.89. The Labute approximate surface area is 93.2 Å². The number of hydrogen-bond acceptors (Lipinski definition) is 4. The van der Waals surface area contributed by atoms with Crippen LogP contribution in [-0.4, -0.2) is 21.5 Å². The van der Waals surface area contributed by atoms with Gasteiger partial charge in [-0.05, 0) is 19.8 Å².